The van der Waals surface area contributed by atoms with Crippen LogP contribution in [0, 0.1) is 0 Å². The molecule has 4 rings (SSSR count). The number of nitrogens with zero attached hydrogens (tertiary/aromatic N) is 3. The Kier molecular flexibility index (Phi) is 4.68. The van der Waals surface area contributed by atoms with Crippen LogP contribution in [0.4, 0.5) is 13.2 Å². The van der Waals surface area contributed by atoms with Gasteiger partial charge in [0.25, 0.3) is 0 Å². The van der Waals surface area contributed by atoms with Gasteiger partial charge in [0.1, 0.15) is 12.1 Å². The number of alkyl halides is 3. The maximum Gasteiger partial charge on any atom is 0.416 e. The Morgan fingerprint density at radius 2 is 1.79 bits per heavy atom. The van der Waals surface area contributed by atoms with E-state index in [1.165, 1.54) is 10.8 Å². The summed E-state index contributed by atoms with van der Waals surface area (Å²) in [6.07, 6.45) is -2.80. The van der Waals surface area contributed by atoms with Gasteiger partial charge in [0, 0.05) is 16.8 Å². The molecule has 2 heterocycles. The van der Waals surface area contributed by atoms with Crippen LogP contribution in [0.3, 0.4) is 0 Å². The highest BCUT2D eigenvalue weighted by atomic mass is 35.5. The molecule has 0 fully saturated rings. The lowest BCUT2D eigenvalue weighted by atomic mass is 10.1. The molecule has 2 aromatic carbocycles. The standard InChI is InChI=1S/C20H13ClF3N3O/c21-16-8-6-14(7-9-16)19-26-18-17(5-2-10-25-18)27(19)28-12-13-3-1-4-15(11-13)20(22,23)24/h1-11H,12H2. The normalized spacial score (nSPS) is 11.7. The van der Waals surface area contributed by atoms with Gasteiger partial charge in [-0.25, -0.2) is 9.97 Å². The second-order valence-corrected chi connectivity index (χ2v) is 6.49. The molecule has 4 nitrogen and oxygen atoms in total. The maximum absolute atomic E-state index is 12.9. The Morgan fingerprint density at radius 1 is 1.00 bits per heavy atom. The summed E-state index contributed by atoms with van der Waals surface area (Å²) in [4.78, 5) is 14.5. The van der Waals surface area contributed by atoms with Crippen molar-refractivity contribution in [1.29, 1.82) is 0 Å². The summed E-state index contributed by atoms with van der Waals surface area (Å²) in [6, 6.07) is 15.6. The van der Waals surface area contributed by atoms with Crippen molar-refractivity contribution in [2.24, 2.45) is 0 Å². The Labute approximate surface area is 163 Å². The minimum absolute atomic E-state index is 0.0646. The van der Waals surface area contributed by atoms with Gasteiger partial charge in [0.05, 0.1) is 5.56 Å². The zero-order chi connectivity index (χ0) is 19.7. The van der Waals surface area contributed by atoms with Crippen molar-refractivity contribution in [2.75, 3.05) is 0 Å². The van der Waals surface area contributed by atoms with Gasteiger partial charge in [-0.3, -0.25) is 0 Å². The fourth-order valence-corrected chi connectivity index (χ4v) is 2.91. The van der Waals surface area contributed by atoms with E-state index in [1.807, 2.05) is 0 Å². The third-order valence-corrected chi connectivity index (χ3v) is 4.36. The highest BCUT2D eigenvalue weighted by Gasteiger charge is 2.30. The van der Waals surface area contributed by atoms with Crippen LogP contribution < -0.4 is 4.84 Å². The van der Waals surface area contributed by atoms with E-state index in [0.717, 1.165) is 17.7 Å². The van der Waals surface area contributed by atoms with Crippen molar-refractivity contribution in [2.45, 2.75) is 12.8 Å². The molecule has 0 aliphatic carbocycles. The summed E-state index contributed by atoms with van der Waals surface area (Å²) in [5.74, 6) is 0.484. The number of pyridine rings is 1. The first kappa shape index (κ1) is 18.3. The molecule has 0 N–H and O–H groups in total. The van der Waals surface area contributed by atoms with Crippen LogP contribution in [-0.4, -0.2) is 14.7 Å². The number of rotatable bonds is 4. The molecule has 0 bridgehead atoms. The molecule has 28 heavy (non-hydrogen) atoms. The topological polar surface area (TPSA) is 39.9 Å². The lowest BCUT2D eigenvalue weighted by Crippen LogP contribution is -2.13. The van der Waals surface area contributed by atoms with Gasteiger partial charge >= 0.3 is 6.18 Å². The molecular formula is C20H13ClF3N3O. The SMILES string of the molecule is FC(F)(F)c1cccc(COn2c(-c3ccc(Cl)cc3)nc3ncccc32)c1. The van der Waals surface area contributed by atoms with E-state index < -0.39 is 11.7 Å². The van der Waals surface area contributed by atoms with E-state index in [1.54, 1.807) is 48.7 Å². The second-order valence-electron chi connectivity index (χ2n) is 6.05. The van der Waals surface area contributed by atoms with Crippen LogP contribution in [0.25, 0.3) is 22.6 Å². The highest BCUT2D eigenvalue weighted by molar-refractivity contribution is 6.30. The summed E-state index contributed by atoms with van der Waals surface area (Å²) >= 11 is 5.95. The number of imidazole rings is 1. The molecule has 4 aromatic rings. The van der Waals surface area contributed by atoms with E-state index in [0.29, 0.717) is 27.6 Å². The summed E-state index contributed by atoms with van der Waals surface area (Å²) in [7, 11) is 0. The second kappa shape index (κ2) is 7.16. The molecule has 0 unspecified atom stereocenters. The van der Waals surface area contributed by atoms with E-state index >= 15 is 0 Å². The van der Waals surface area contributed by atoms with Crippen LogP contribution >= 0.6 is 11.6 Å². The third kappa shape index (κ3) is 3.66. The first-order valence-corrected chi connectivity index (χ1v) is 8.68. The molecule has 0 atom stereocenters. The lowest BCUT2D eigenvalue weighted by molar-refractivity contribution is -0.137. The Balaban J connectivity index is 1.70. The lowest BCUT2D eigenvalue weighted by Gasteiger charge is -2.12. The van der Waals surface area contributed by atoms with Gasteiger partial charge < -0.3 is 4.84 Å². The quantitative estimate of drug-likeness (QED) is 0.458. The van der Waals surface area contributed by atoms with Gasteiger partial charge in [-0.1, -0.05) is 23.7 Å². The van der Waals surface area contributed by atoms with Crippen molar-refractivity contribution in [1.82, 2.24) is 14.7 Å². The molecule has 0 amide bonds. The molecule has 142 valence electrons. The van der Waals surface area contributed by atoms with Gasteiger partial charge in [-0.2, -0.15) is 17.9 Å². The average molecular weight is 404 g/mol. The minimum Gasteiger partial charge on any atom is -0.407 e. The molecule has 0 aliphatic rings. The average Bonchev–Trinajstić information content (AvgIpc) is 3.05. The number of benzene rings is 2. The first-order chi connectivity index (χ1) is 13.4. The van der Waals surface area contributed by atoms with Gasteiger partial charge in [0.2, 0.25) is 0 Å². The van der Waals surface area contributed by atoms with Gasteiger partial charge in [-0.05, 0) is 54.1 Å². The number of fused-ring (bicyclic) bond motifs is 1. The Morgan fingerprint density at radius 3 is 2.54 bits per heavy atom. The van der Waals surface area contributed by atoms with Crippen LogP contribution in [0.5, 0.6) is 0 Å². The van der Waals surface area contributed by atoms with E-state index in [2.05, 4.69) is 9.97 Å². The Hall–Kier alpha value is -3.06. The summed E-state index contributed by atoms with van der Waals surface area (Å²) in [6.45, 7) is -0.0646. The highest BCUT2D eigenvalue weighted by Crippen LogP contribution is 2.30. The minimum atomic E-state index is -4.41. The smallest absolute Gasteiger partial charge is 0.407 e. The molecule has 0 spiro atoms. The van der Waals surface area contributed by atoms with E-state index in [-0.39, 0.29) is 6.61 Å². The maximum atomic E-state index is 12.9. The van der Waals surface area contributed by atoms with E-state index in [9.17, 15) is 13.2 Å². The predicted molar refractivity (Wildman–Crippen MR) is 99.7 cm³/mol. The summed E-state index contributed by atoms with van der Waals surface area (Å²) in [5.41, 5.74) is 1.49. The van der Waals surface area contributed by atoms with E-state index in [4.69, 9.17) is 16.4 Å². The number of hydrogen-bond donors (Lipinski definition) is 0. The zero-order valence-electron chi connectivity index (χ0n) is 14.3. The van der Waals surface area contributed by atoms with Crippen LogP contribution in [0.2, 0.25) is 5.02 Å². The molecule has 0 radical (unpaired) electrons. The van der Waals surface area contributed by atoms with Crippen LogP contribution in [0.15, 0.2) is 66.9 Å². The number of hydrogen-bond acceptors (Lipinski definition) is 3. The molecule has 0 aliphatic heterocycles. The summed E-state index contributed by atoms with van der Waals surface area (Å²) in [5, 5.41) is 0.578. The molecule has 2 aromatic heterocycles. The number of halogens is 4. The van der Waals surface area contributed by atoms with Crippen LogP contribution in [0.1, 0.15) is 11.1 Å². The monoisotopic (exact) mass is 403 g/mol. The molecule has 8 heteroatoms. The fourth-order valence-electron chi connectivity index (χ4n) is 2.78. The fraction of sp³-hybridized carbons (Fsp3) is 0.100. The van der Waals surface area contributed by atoms with Gasteiger partial charge in [-0.15, -0.1) is 0 Å². The van der Waals surface area contributed by atoms with Crippen molar-refractivity contribution < 1.29 is 18.0 Å². The molecule has 0 saturated heterocycles. The van der Waals surface area contributed by atoms with Gasteiger partial charge in [0.15, 0.2) is 11.5 Å². The predicted octanol–water partition coefficient (Wildman–Crippen LogP) is 5.40. The Bertz CT molecular complexity index is 1120. The summed E-state index contributed by atoms with van der Waals surface area (Å²) < 4.78 is 40.3. The van der Waals surface area contributed by atoms with Crippen molar-refractivity contribution >= 4 is 22.8 Å². The van der Waals surface area contributed by atoms with Crippen molar-refractivity contribution in [3.63, 3.8) is 0 Å². The van der Waals surface area contributed by atoms with Crippen LogP contribution in [-0.2, 0) is 12.8 Å². The largest absolute Gasteiger partial charge is 0.416 e. The first-order valence-electron chi connectivity index (χ1n) is 8.31. The third-order valence-electron chi connectivity index (χ3n) is 4.11. The number of aromatic nitrogens is 3. The van der Waals surface area contributed by atoms with Crippen molar-refractivity contribution in [3.8, 4) is 11.4 Å². The van der Waals surface area contributed by atoms with Crippen molar-refractivity contribution in [3.05, 3.63) is 83.0 Å². The molecule has 0 saturated carbocycles. The zero-order valence-corrected chi connectivity index (χ0v) is 15.1. The molecular weight excluding hydrogens is 391 g/mol.